The third-order valence-corrected chi connectivity index (χ3v) is 4.16. The number of hydrogen-bond donors (Lipinski definition) is 1. The van der Waals surface area contributed by atoms with Gasteiger partial charge in [0.25, 0.3) is 5.91 Å². The van der Waals surface area contributed by atoms with Gasteiger partial charge in [-0.15, -0.1) is 0 Å². The lowest BCUT2D eigenvalue weighted by molar-refractivity contribution is -0.123. The topological polar surface area (TPSA) is 64.6 Å². The zero-order valence-electron chi connectivity index (χ0n) is 15.2. The molecular weight excluding hydrogens is 368 g/mol. The number of ether oxygens (including phenoxy) is 2. The SMILES string of the molecule is COc1ccc(C(=O)O[C@@H](C)C(=O)Nc2cc(F)ccc2F)c2ccccc12. The van der Waals surface area contributed by atoms with Gasteiger partial charge in [0.15, 0.2) is 6.10 Å². The first-order valence-electron chi connectivity index (χ1n) is 8.43. The van der Waals surface area contributed by atoms with Crippen LogP contribution >= 0.6 is 0 Å². The van der Waals surface area contributed by atoms with E-state index < -0.39 is 29.6 Å². The maximum Gasteiger partial charge on any atom is 0.339 e. The third kappa shape index (κ3) is 3.93. The number of carbonyl (C=O) groups excluding carboxylic acids is 2. The Bertz CT molecular complexity index is 1050. The average molecular weight is 385 g/mol. The van der Waals surface area contributed by atoms with Crippen LogP contribution in [0.4, 0.5) is 14.5 Å². The van der Waals surface area contributed by atoms with Gasteiger partial charge in [0, 0.05) is 11.5 Å². The van der Waals surface area contributed by atoms with Gasteiger partial charge in [-0.3, -0.25) is 4.79 Å². The molecule has 3 aromatic rings. The van der Waals surface area contributed by atoms with Crippen LogP contribution in [0, 0.1) is 11.6 Å². The van der Waals surface area contributed by atoms with Crippen LogP contribution in [0.25, 0.3) is 10.8 Å². The molecule has 0 aliphatic heterocycles. The Hall–Kier alpha value is -3.48. The Morgan fingerprint density at radius 1 is 1.00 bits per heavy atom. The summed E-state index contributed by atoms with van der Waals surface area (Å²) in [5.74, 6) is -2.41. The lowest BCUT2D eigenvalue weighted by Crippen LogP contribution is -2.30. The van der Waals surface area contributed by atoms with E-state index in [9.17, 15) is 18.4 Å². The summed E-state index contributed by atoms with van der Waals surface area (Å²) in [4.78, 5) is 24.8. The van der Waals surface area contributed by atoms with E-state index in [0.717, 1.165) is 23.6 Å². The minimum atomic E-state index is -1.23. The summed E-state index contributed by atoms with van der Waals surface area (Å²) in [6, 6.07) is 13.0. The molecule has 5 nitrogen and oxygen atoms in total. The van der Waals surface area contributed by atoms with E-state index in [1.165, 1.54) is 14.0 Å². The summed E-state index contributed by atoms with van der Waals surface area (Å²) in [5, 5.41) is 3.54. The first-order valence-corrected chi connectivity index (χ1v) is 8.43. The van der Waals surface area contributed by atoms with E-state index in [1.54, 1.807) is 30.3 Å². The fraction of sp³-hybridized carbons (Fsp3) is 0.143. The highest BCUT2D eigenvalue weighted by atomic mass is 19.1. The number of anilines is 1. The van der Waals surface area contributed by atoms with E-state index in [2.05, 4.69) is 5.32 Å². The highest BCUT2D eigenvalue weighted by Gasteiger charge is 2.22. The Morgan fingerprint density at radius 3 is 2.43 bits per heavy atom. The molecule has 0 bridgehead atoms. The van der Waals surface area contributed by atoms with Gasteiger partial charge in [-0.05, 0) is 36.6 Å². The second kappa shape index (κ2) is 8.04. The highest BCUT2D eigenvalue weighted by molar-refractivity contribution is 6.07. The van der Waals surface area contributed by atoms with Crippen LogP contribution in [-0.2, 0) is 9.53 Å². The number of carbonyl (C=O) groups is 2. The molecular formula is C21H17F2NO4. The van der Waals surface area contributed by atoms with Crippen molar-refractivity contribution in [1.29, 1.82) is 0 Å². The Balaban J connectivity index is 1.78. The fourth-order valence-corrected chi connectivity index (χ4v) is 2.73. The minimum absolute atomic E-state index is 0.257. The first-order chi connectivity index (χ1) is 13.4. The van der Waals surface area contributed by atoms with Crippen LogP contribution in [0.15, 0.2) is 54.6 Å². The number of nitrogens with one attached hydrogen (secondary N) is 1. The molecule has 3 aromatic carbocycles. The lowest BCUT2D eigenvalue weighted by Gasteiger charge is -2.15. The number of benzene rings is 3. The van der Waals surface area contributed by atoms with E-state index in [0.29, 0.717) is 11.1 Å². The number of methoxy groups -OCH3 is 1. The summed E-state index contributed by atoms with van der Waals surface area (Å²) in [5.41, 5.74) is -0.0733. The molecule has 0 spiro atoms. The summed E-state index contributed by atoms with van der Waals surface area (Å²) < 4.78 is 37.4. The van der Waals surface area contributed by atoms with Gasteiger partial charge in [-0.1, -0.05) is 24.3 Å². The molecule has 0 saturated carbocycles. The first kappa shape index (κ1) is 19.3. The molecule has 0 aliphatic carbocycles. The number of fused-ring (bicyclic) bond motifs is 1. The molecule has 1 N–H and O–H groups in total. The van der Waals surface area contributed by atoms with Crippen molar-refractivity contribution in [3.8, 4) is 5.75 Å². The van der Waals surface area contributed by atoms with E-state index in [1.807, 2.05) is 6.07 Å². The van der Waals surface area contributed by atoms with E-state index in [-0.39, 0.29) is 11.3 Å². The van der Waals surface area contributed by atoms with Crippen molar-refractivity contribution in [3.63, 3.8) is 0 Å². The molecule has 0 aromatic heterocycles. The second-order valence-electron chi connectivity index (χ2n) is 6.02. The van der Waals surface area contributed by atoms with Crippen LogP contribution in [0.3, 0.4) is 0 Å². The molecule has 0 aliphatic rings. The molecule has 0 heterocycles. The molecule has 7 heteroatoms. The Labute approximate surface area is 159 Å². The lowest BCUT2D eigenvalue weighted by atomic mass is 10.0. The molecule has 144 valence electrons. The van der Waals surface area contributed by atoms with Gasteiger partial charge in [-0.2, -0.15) is 0 Å². The Kier molecular flexibility index (Phi) is 5.54. The zero-order chi connectivity index (χ0) is 20.3. The minimum Gasteiger partial charge on any atom is -0.496 e. The summed E-state index contributed by atoms with van der Waals surface area (Å²) in [6.07, 6.45) is -1.23. The highest BCUT2D eigenvalue weighted by Crippen LogP contribution is 2.29. The zero-order valence-corrected chi connectivity index (χ0v) is 15.2. The van der Waals surface area contributed by atoms with Crippen molar-refractivity contribution in [2.45, 2.75) is 13.0 Å². The molecule has 0 unspecified atom stereocenters. The van der Waals surface area contributed by atoms with Crippen LogP contribution < -0.4 is 10.1 Å². The smallest absolute Gasteiger partial charge is 0.339 e. The van der Waals surface area contributed by atoms with Crippen molar-refractivity contribution in [3.05, 3.63) is 71.8 Å². The third-order valence-electron chi connectivity index (χ3n) is 4.16. The van der Waals surface area contributed by atoms with Crippen molar-refractivity contribution < 1.29 is 27.8 Å². The molecule has 0 fully saturated rings. The summed E-state index contributed by atoms with van der Waals surface area (Å²) in [7, 11) is 1.53. The van der Waals surface area contributed by atoms with Crippen molar-refractivity contribution in [2.75, 3.05) is 12.4 Å². The van der Waals surface area contributed by atoms with E-state index >= 15 is 0 Å². The maximum absolute atomic E-state index is 13.7. The van der Waals surface area contributed by atoms with Gasteiger partial charge in [0.2, 0.25) is 0 Å². The number of hydrogen-bond acceptors (Lipinski definition) is 4. The normalized spacial score (nSPS) is 11.7. The molecule has 1 atom stereocenters. The van der Waals surface area contributed by atoms with Gasteiger partial charge < -0.3 is 14.8 Å². The predicted molar refractivity (Wildman–Crippen MR) is 100 cm³/mol. The predicted octanol–water partition coefficient (Wildman–Crippen LogP) is 4.31. The van der Waals surface area contributed by atoms with Gasteiger partial charge in [0.05, 0.1) is 18.4 Å². The molecule has 28 heavy (non-hydrogen) atoms. The summed E-state index contributed by atoms with van der Waals surface area (Å²) >= 11 is 0. The monoisotopic (exact) mass is 385 g/mol. The van der Waals surface area contributed by atoms with Crippen molar-refractivity contribution in [1.82, 2.24) is 0 Å². The van der Waals surface area contributed by atoms with Crippen LogP contribution in [-0.4, -0.2) is 25.1 Å². The average Bonchev–Trinajstić information content (AvgIpc) is 2.69. The van der Waals surface area contributed by atoms with Gasteiger partial charge >= 0.3 is 5.97 Å². The Morgan fingerprint density at radius 2 is 1.71 bits per heavy atom. The molecule has 1 amide bonds. The second-order valence-corrected chi connectivity index (χ2v) is 6.02. The van der Waals surface area contributed by atoms with Crippen LogP contribution in [0.1, 0.15) is 17.3 Å². The van der Waals surface area contributed by atoms with Crippen LogP contribution in [0.5, 0.6) is 5.75 Å². The standard InChI is InChI=1S/C21H17F2NO4/c1-12(20(25)24-18-11-13(22)7-9-17(18)23)28-21(26)16-8-10-19(27-2)15-6-4-3-5-14(15)16/h3-12H,1-2H3,(H,24,25)/t12-/m0/s1. The fourth-order valence-electron chi connectivity index (χ4n) is 2.73. The molecule has 0 saturated heterocycles. The largest absolute Gasteiger partial charge is 0.496 e. The van der Waals surface area contributed by atoms with Crippen molar-refractivity contribution >= 4 is 28.3 Å². The van der Waals surface area contributed by atoms with E-state index in [4.69, 9.17) is 9.47 Å². The quantitative estimate of drug-likeness (QED) is 0.665. The van der Waals surface area contributed by atoms with Crippen molar-refractivity contribution in [2.24, 2.45) is 0 Å². The van der Waals surface area contributed by atoms with Gasteiger partial charge in [-0.25, -0.2) is 13.6 Å². The molecule has 3 rings (SSSR count). The summed E-state index contributed by atoms with van der Waals surface area (Å²) in [6.45, 7) is 1.34. The number of esters is 1. The maximum atomic E-state index is 13.7. The van der Waals surface area contributed by atoms with Crippen LogP contribution in [0.2, 0.25) is 0 Å². The molecule has 0 radical (unpaired) electrons. The number of halogens is 2. The van der Waals surface area contributed by atoms with Gasteiger partial charge in [0.1, 0.15) is 17.4 Å². The number of amides is 1. The number of rotatable bonds is 5.